The van der Waals surface area contributed by atoms with Crippen molar-refractivity contribution in [3.05, 3.63) is 93.5 Å². The van der Waals surface area contributed by atoms with E-state index in [0.29, 0.717) is 5.56 Å². The zero-order valence-corrected chi connectivity index (χ0v) is 17.6. The van der Waals surface area contributed by atoms with Gasteiger partial charge in [-0.15, -0.1) is 0 Å². The lowest BCUT2D eigenvalue weighted by Crippen LogP contribution is -2.29. The van der Waals surface area contributed by atoms with Crippen molar-refractivity contribution in [2.45, 2.75) is 6.92 Å². The number of phenolic OH excluding ortho intramolecular Hbond substituents is 1. The van der Waals surface area contributed by atoms with Gasteiger partial charge in [0.15, 0.2) is 5.78 Å². The van der Waals surface area contributed by atoms with E-state index < -0.39 is 29.4 Å². The summed E-state index contributed by atoms with van der Waals surface area (Å²) in [6.07, 6.45) is 0. The summed E-state index contributed by atoms with van der Waals surface area (Å²) >= 11 is 0. The van der Waals surface area contributed by atoms with Gasteiger partial charge in [0.2, 0.25) is 0 Å². The van der Waals surface area contributed by atoms with Gasteiger partial charge in [0.05, 0.1) is 27.9 Å². The largest absolute Gasteiger partial charge is 0.508 e. The molecular formula is C25H16N2O6. The molecule has 0 saturated heterocycles. The summed E-state index contributed by atoms with van der Waals surface area (Å²) in [6, 6.07) is 12.9. The van der Waals surface area contributed by atoms with E-state index >= 15 is 0 Å². The molecule has 1 N–H and O–H groups in total. The molecule has 2 aliphatic rings. The van der Waals surface area contributed by atoms with Crippen LogP contribution < -0.4 is 4.90 Å². The maximum absolute atomic E-state index is 13.1. The van der Waals surface area contributed by atoms with Crippen molar-refractivity contribution < 1.29 is 29.1 Å². The number of imide groups is 2. The van der Waals surface area contributed by atoms with E-state index in [1.165, 1.54) is 55.6 Å². The highest BCUT2D eigenvalue weighted by molar-refractivity contribution is 6.35. The fraction of sp³-hybridized carbons (Fsp3) is 0.0800. The third kappa shape index (κ3) is 2.95. The number of phenols is 1. The van der Waals surface area contributed by atoms with Crippen LogP contribution in [0.25, 0.3) is 0 Å². The Labute approximate surface area is 187 Å². The highest BCUT2D eigenvalue weighted by atomic mass is 16.3. The third-order valence-corrected chi connectivity index (χ3v) is 5.81. The van der Waals surface area contributed by atoms with Crippen LogP contribution in [0, 0.1) is 6.92 Å². The highest BCUT2D eigenvalue weighted by Gasteiger charge is 2.38. The molecule has 0 radical (unpaired) electrons. The molecule has 0 unspecified atom stereocenters. The van der Waals surface area contributed by atoms with E-state index in [2.05, 4.69) is 0 Å². The van der Waals surface area contributed by atoms with Gasteiger partial charge in [-0.25, -0.2) is 4.90 Å². The molecular weight excluding hydrogens is 424 g/mol. The number of nitrogens with zero attached hydrogens (tertiary/aromatic N) is 2. The number of amides is 4. The Kier molecular flexibility index (Phi) is 4.29. The molecule has 2 heterocycles. The number of aryl methyl sites for hydroxylation is 1. The van der Waals surface area contributed by atoms with Gasteiger partial charge in [0.1, 0.15) is 5.75 Å². The van der Waals surface area contributed by atoms with Crippen molar-refractivity contribution in [3.63, 3.8) is 0 Å². The average molecular weight is 440 g/mol. The van der Waals surface area contributed by atoms with Crippen LogP contribution >= 0.6 is 0 Å². The normalized spacial score (nSPS) is 14.7. The Morgan fingerprint density at radius 3 is 1.82 bits per heavy atom. The number of carbonyl (C=O) groups excluding carboxylic acids is 5. The number of aromatic hydroxyl groups is 1. The second-order valence-electron chi connectivity index (χ2n) is 7.99. The van der Waals surface area contributed by atoms with E-state index in [9.17, 15) is 29.1 Å². The van der Waals surface area contributed by atoms with Gasteiger partial charge in [-0.05, 0) is 48.9 Å². The number of anilines is 1. The van der Waals surface area contributed by atoms with Crippen molar-refractivity contribution in [2.75, 3.05) is 11.9 Å². The number of ketones is 1. The molecule has 8 nitrogen and oxygen atoms in total. The molecule has 4 amide bonds. The Morgan fingerprint density at radius 2 is 1.21 bits per heavy atom. The topological polar surface area (TPSA) is 112 Å². The minimum absolute atomic E-state index is 0.0685. The fourth-order valence-corrected chi connectivity index (χ4v) is 4.16. The minimum Gasteiger partial charge on any atom is -0.508 e. The van der Waals surface area contributed by atoms with Crippen molar-refractivity contribution in [3.8, 4) is 5.75 Å². The van der Waals surface area contributed by atoms with Crippen LogP contribution in [0.5, 0.6) is 5.75 Å². The van der Waals surface area contributed by atoms with E-state index in [0.717, 1.165) is 9.80 Å². The molecule has 8 heteroatoms. The molecule has 0 bridgehead atoms. The molecule has 0 aliphatic carbocycles. The number of hydrogen-bond donors (Lipinski definition) is 1. The molecule has 162 valence electrons. The predicted molar refractivity (Wildman–Crippen MR) is 117 cm³/mol. The summed E-state index contributed by atoms with van der Waals surface area (Å²) in [4.78, 5) is 65.3. The maximum Gasteiger partial charge on any atom is 0.266 e. The molecule has 0 aromatic heterocycles. The van der Waals surface area contributed by atoms with E-state index in [-0.39, 0.29) is 44.8 Å². The summed E-state index contributed by atoms with van der Waals surface area (Å²) in [5.41, 5.74) is 1.84. The predicted octanol–water partition coefficient (Wildman–Crippen LogP) is 2.96. The minimum atomic E-state index is -0.606. The van der Waals surface area contributed by atoms with Crippen molar-refractivity contribution in [2.24, 2.45) is 0 Å². The van der Waals surface area contributed by atoms with Crippen LogP contribution in [0.3, 0.4) is 0 Å². The van der Waals surface area contributed by atoms with Crippen LogP contribution in [0.2, 0.25) is 0 Å². The van der Waals surface area contributed by atoms with Gasteiger partial charge in [-0.2, -0.15) is 0 Å². The Bertz CT molecular complexity index is 1430. The number of benzene rings is 3. The average Bonchev–Trinajstić information content (AvgIpc) is 3.17. The maximum atomic E-state index is 13.1. The van der Waals surface area contributed by atoms with Crippen LogP contribution in [0.4, 0.5) is 5.69 Å². The van der Waals surface area contributed by atoms with Gasteiger partial charge in [-0.1, -0.05) is 12.1 Å². The van der Waals surface area contributed by atoms with Crippen LogP contribution in [-0.2, 0) is 0 Å². The van der Waals surface area contributed by atoms with Crippen LogP contribution in [0.1, 0.15) is 62.9 Å². The van der Waals surface area contributed by atoms with Crippen molar-refractivity contribution >= 4 is 35.1 Å². The standard InChI is InChI=1S/C25H16N2O6/c1-12-7-15(11-16(28)8-12)27-24(32)18-6-4-14(10-20(18)25(27)33)21(29)13-3-5-17-19(9-13)23(31)26(2)22(17)30/h3-11,28H,1-2H3. The lowest BCUT2D eigenvalue weighted by molar-refractivity contribution is 0.0692. The Hall–Kier alpha value is -4.59. The summed E-state index contributed by atoms with van der Waals surface area (Å²) in [7, 11) is 1.37. The molecule has 33 heavy (non-hydrogen) atoms. The van der Waals surface area contributed by atoms with Crippen LogP contribution in [-0.4, -0.2) is 46.5 Å². The molecule has 2 aliphatic heterocycles. The molecule has 0 saturated carbocycles. The van der Waals surface area contributed by atoms with Gasteiger partial charge in [-0.3, -0.25) is 28.9 Å². The monoisotopic (exact) mass is 440 g/mol. The second-order valence-corrected chi connectivity index (χ2v) is 7.99. The van der Waals surface area contributed by atoms with E-state index in [1.807, 2.05) is 0 Å². The summed E-state index contributed by atoms with van der Waals surface area (Å²) < 4.78 is 0. The summed E-state index contributed by atoms with van der Waals surface area (Å²) in [5, 5.41) is 9.86. The van der Waals surface area contributed by atoms with E-state index in [1.54, 1.807) is 13.0 Å². The second kappa shape index (κ2) is 6.96. The first kappa shape index (κ1) is 20.3. The smallest absolute Gasteiger partial charge is 0.266 e. The molecule has 0 fully saturated rings. The fourth-order valence-electron chi connectivity index (χ4n) is 4.16. The molecule has 0 atom stereocenters. The third-order valence-electron chi connectivity index (χ3n) is 5.81. The molecule has 5 rings (SSSR count). The zero-order chi connectivity index (χ0) is 23.6. The number of carbonyl (C=O) groups is 5. The van der Waals surface area contributed by atoms with Gasteiger partial charge in [0, 0.05) is 24.2 Å². The lowest BCUT2D eigenvalue weighted by Gasteiger charge is -2.14. The first-order valence-corrected chi connectivity index (χ1v) is 10.0. The number of rotatable bonds is 3. The van der Waals surface area contributed by atoms with Crippen molar-refractivity contribution in [1.82, 2.24) is 4.90 Å². The van der Waals surface area contributed by atoms with Gasteiger partial charge >= 0.3 is 0 Å². The number of hydrogen-bond acceptors (Lipinski definition) is 6. The lowest BCUT2D eigenvalue weighted by atomic mass is 9.96. The first-order valence-electron chi connectivity index (χ1n) is 10.0. The first-order chi connectivity index (χ1) is 15.7. The van der Waals surface area contributed by atoms with E-state index in [4.69, 9.17) is 0 Å². The van der Waals surface area contributed by atoms with Crippen molar-refractivity contribution in [1.29, 1.82) is 0 Å². The molecule has 3 aromatic carbocycles. The summed E-state index contributed by atoms with van der Waals surface area (Å²) in [6.45, 7) is 1.73. The number of fused-ring (bicyclic) bond motifs is 2. The Morgan fingerprint density at radius 1 is 0.697 bits per heavy atom. The highest BCUT2D eigenvalue weighted by Crippen LogP contribution is 2.32. The van der Waals surface area contributed by atoms with Crippen LogP contribution in [0.15, 0.2) is 54.6 Å². The Balaban J connectivity index is 1.51. The quantitative estimate of drug-likeness (QED) is 0.495. The SMILES string of the molecule is Cc1cc(O)cc(N2C(=O)c3ccc(C(=O)c4ccc5c(c4)C(=O)N(C)C5=O)cc3C2=O)c1. The van der Waals surface area contributed by atoms with Gasteiger partial charge in [0.25, 0.3) is 23.6 Å². The zero-order valence-electron chi connectivity index (χ0n) is 17.6. The van der Waals surface area contributed by atoms with Gasteiger partial charge < -0.3 is 5.11 Å². The molecule has 0 spiro atoms. The summed E-state index contributed by atoms with van der Waals surface area (Å²) in [5.74, 6) is -2.61. The molecule has 3 aromatic rings.